The minimum Gasteiger partial charge on any atom is -0.489 e. The summed E-state index contributed by atoms with van der Waals surface area (Å²) in [6, 6.07) is 14.4. The molecule has 3 aromatic rings. The van der Waals surface area contributed by atoms with Crippen molar-refractivity contribution < 1.29 is 24.2 Å². The van der Waals surface area contributed by atoms with Crippen molar-refractivity contribution >= 4 is 23.0 Å². The van der Waals surface area contributed by atoms with Crippen LogP contribution >= 0.6 is 0 Å². The quantitative estimate of drug-likeness (QED) is 0.540. The smallest absolute Gasteiger partial charge is 0.408 e. The number of hydrogen-bond acceptors (Lipinski definition) is 4. The molecule has 0 fully saturated rings. The average molecular weight is 410 g/mol. The minimum atomic E-state index is -1.13. The Hall–Kier alpha value is -3.48. The van der Waals surface area contributed by atoms with Gasteiger partial charge >= 0.3 is 12.1 Å². The van der Waals surface area contributed by atoms with Gasteiger partial charge in [-0.15, -0.1) is 0 Å². The summed E-state index contributed by atoms with van der Waals surface area (Å²) >= 11 is 0. The van der Waals surface area contributed by atoms with E-state index in [1.54, 1.807) is 27.0 Å². The van der Waals surface area contributed by atoms with E-state index in [2.05, 4.69) is 10.3 Å². The molecule has 30 heavy (non-hydrogen) atoms. The molecule has 0 radical (unpaired) electrons. The molecule has 158 valence electrons. The molecule has 0 saturated heterocycles. The number of H-pyrrole nitrogens is 1. The van der Waals surface area contributed by atoms with Crippen LogP contribution in [0.15, 0.2) is 54.7 Å². The van der Waals surface area contributed by atoms with Gasteiger partial charge in [-0.05, 0) is 44.0 Å². The van der Waals surface area contributed by atoms with Gasteiger partial charge in [-0.3, -0.25) is 0 Å². The molecule has 0 unspecified atom stereocenters. The van der Waals surface area contributed by atoms with Gasteiger partial charge in [-0.1, -0.05) is 30.3 Å². The van der Waals surface area contributed by atoms with Gasteiger partial charge in [-0.2, -0.15) is 0 Å². The number of fused-ring (bicyclic) bond motifs is 1. The topological polar surface area (TPSA) is 101 Å². The number of aliphatic carboxylic acids is 1. The lowest BCUT2D eigenvalue weighted by molar-refractivity contribution is -0.139. The summed E-state index contributed by atoms with van der Waals surface area (Å²) in [5, 5.41) is 12.8. The number of aromatic nitrogens is 1. The number of benzene rings is 2. The van der Waals surface area contributed by atoms with Crippen molar-refractivity contribution in [3.8, 4) is 5.75 Å². The largest absolute Gasteiger partial charge is 0.489 e. The molecule has 0 spiro atoms. The molecule has 1 amide bonds. The van der Waals surface area contributed by atoms with Crippen LogP contribution in [0, 0.1) is 0 Å². The number of aromatic amines is 1. The Labute approximate surface area is 175 Å². The Bertz CT molecular complexity index is 1020. The van der Waals surface area contributed by atoms with Crippen LogP contribution in [0.1, 0.15) is 31.9 Å². The SMILES string of the molecule is CC(C)(C)OC(=O)N[C@@H](Cc1c[nH]c2cc(OCc3ccccc3)ccc12)C(=O)O. The Morgan fingerprint density at radius 2 is 1.87 bits per heavy atom. The summed E-state index contributed by atoms with van der Waals surface area (Å²) in [6.45, 7) is 5.62. The first kappa shape index (κ1) is 21.2. The van der Waals surface area contributed by atoms with Gasteiger partial charge in [0, 0.05) is 29.6 Å². The van der Waals surface area contributed by atoms with Crippen LogP contribution in [-0.4, -0.2) is 33.8 Å². The molecule has 7 nitrogen and oxygen atoms in total. The standard InChI is InChI=1S/C23H26N2O5/c1-23(2,3)30-22(28)25-20(21(26)27)11-16-13-24-19-12-17(9-10-18(16)19)29-14-15-7-5-4-6-8-15/h4-10,12-13,20,24H,11,14H2,1-3H3,(H,25,28)(H,26,27)/t20-/m0/s1. The van der Waals surface area contributed by atoms with E-state index in [1.807, 2.05) is 48.5 Å². The fraction of sp³-hybridized carbons (Fsp3) is 0.304. The monoisotopic (exact) mass is 410 g/mol. The normalized spacial score (nSPS) is 12.4. The van der Waals surface area contributed by atoms with Crippen molar-refractivity contribution in [2.45, 2.75) is 45.4 Å². The third kappa shape index (κ3) is 5.76. The highest BCUT2D eigenvalue weighted by atomic mass is 16.6. The van der Waals surface area contributed by atoms with Crippen LogP contribution in [-0.2, 0) is 22.6 Å². The lowest BCUT2D eigenvalue weighted by Gasteiger charge is -2.22. The zero-order chi connectivity index (χ0) is 21.7. The molecule has 0 aliphatic heterocycles. The van der Waals surface area contributed by atoms with Crippen molar-refractivity contribution in [3.05, 3.63) is 65.9 Å². The second-order valence-corrected chi connectivity index (χ2v) is 8.04. The number of amides is 1. The lowest BCUT2D eigenvalue weighted by Crippen LogP contribution is -2.44. The van der Waals surface area contributed by atoms with Gasteiger partial charge in [-0.25, -0.2) is 9.59 Å². The maximum Gasteiger partial charge on any atom is 0.408 e. The van der Waals surface area contributed by atoms with E-state index in [-0.39, 0.29) is 6.42 Å². The summed E-state index contributed by atoms with van der Waals surface area (Å²) in [5.74, 6) is -0.417. The van der Waals surface area contributed by atoms with Crippen LogP contribution in [0.3, 0.4) is 0 Å². The molecule has 3 N–H and O–H groups in total. The molecule has 7 heteroatoms. The van der Waals surface area contributed by atoms with Crippen molar-refractivity contribution in [1.82, 2.24) is 10.3 Å². The van der Waals surface area contributed by atoms with Crippen LogP contribution < -0.4 is 10.1 Å². The summed E-state index contributed by atoms with van der Waals surface area (Å²) in [7, 11) is 0. The Morgan fingerprint density at radius 1 is 1.13 bits per heavy atom. The van der Waals surface area contributed by atoms with Gasteiger partial charge in [0.1, 0.15) is 24.0 Å². The molecule has 1 heterocycles. The minimum absolute atomic E-state index is 0.124. The summed E-state index contributed by atoms with van der Waals surface area (Å²) in [6.07, 6.45) is 1.11. The Kier molecular flexibility index (Phi) is 6.30. The number of hydrogen-bond donors (Lipinski definition) is 3. The summed E-state index contributed by atoms with van der Waals surface area (Å²) in [4.78, 5) is 26.8. The number of carbonyl (C=O) groups excluding carboxylic acids is 1. The first-order chi connectivity index (χ1) is 14.2. The number of carboxylic acids is 1. The molecular formula is C23H26N2O5. The molecule has 1 atom stereocenters. The molecule has 0 bridgehead atoms. The Morgan fingerprint density at radius 3 is 2.53 bits per heavy atom. The molecule has 1 aromatic heterocycles. The Balaban J connectivity index is 1.69. The number of carboxylic acid groups (broad SMARTS) is 1. The van der Waals surface area contributed by atoms with Gasteiger partial charge in [0.2, 0.25) is 0 Å². The van der Waals surface area contributed by atoms with E-state index in [9.17, 15) is 14.7 Å². The van der Waals surface area contributed by atoms with Crippen LogP contribution in [0.25, 0.3) is 10.9 Å². The number of ether oxygens (including phenoxy) is 2. The summed E-state index contributed by atoms with van der Waals surface area (Å²) in [5.41, 5.74) is 1.98. The predicted octanol–water partition coefficient (Wildman–Crippen LogP) is 4.27. The number of nitrogens with one attached hydrogen (secondary N) is 2. The van der Waals surface area contributed by atoms with Gasteiger partial charge in [0.25, 0.3) is 0 Å². The fourth-order valence-corrected chi connectivity index (χ4v) is 3.03. The highest BCUT2D eigenvalue weighted by Gasteiger charge is 2.25. The first-order valence-electron chi connectivity index (χ1n) is 9.70. The van der Waals surface area contributed by atoms with Crippen molar-refractivity contribution in [2.75, 3.05) is 0 Å². The molecule has 2 aromatic carbocycles. The van der Waals surface area contributed by atoms with Crippen LogP contribution in [0.2, 0.25) is 0 Å². The van der Waals surface area contributed by atoms with Crippen LogP contribution in [0.5, 0.6) is 5.75 Å². The second-order valence-electron chi connectivity index (χ2n) is 8.04. The fourth-order valence-electron chi connectivity index (χ4n) is 3.03. The zero-order valence-corrected chi connectivity index (χ0v) is 17.3. The van der Waals surface area contributed by atoms with E-state index in [1.165, 1.54) is 0 Å². The highest BCUT2D eigenvalue weighted by molar-refractivity contribution is 5.86. The van der Waals surface area contributed by atoms with Gasteiger partial charge in [0.05, 0.1) is 0 Å². The maximum absolute atomic E-state index is 12.0. The summed E-state index contributed by atoms with van der Waals surface area (Å²) < 4.78 is 11.0. The molecule has 0 aliphatic rings. The van der Waals surface area contributed by atoms with Gasteiger partial charge in [0.15, 0.2) is 0 Å². The molecular weight excluding hydrogens is 384 g/mol. The number of rotatable bonds is 7. The third-order valence-electron chi connectivity index (χ3n) is 4.40. The molecule has 0 aliphatic carbocycles. The highest BCUT2D eigenvalue weighted by Crippen LogP contribution is 2.25. The van der Waals surface area contributed by atoms with Crippen LogP contribution in [0.4, 0.5) is 4.79 Å². The molecule has 0 saturated carbocycles. The second kappa shape index (κ2) is 8.90. The lowest BCUT2D eigenvalue weighted by atomic mass is 10.0. The van der Waals surface area contributed by atoms with E-state index >= 15 is 0 Å². The zero-order valence-electron chi connectivity index (χ0n) is 17.3. The predicted molar refractivity (Wildman–Crippen MR) is 114 cm³/mol. The maximum atomic E-state index is 12.0. The number of alkyl carbamates (subject to hydrolysis) is 1. The third-order valence-corrected chi connectivity index (χ3v) is 4.40. The van der Waals surface area contributed by atoms with E-state index < -0.39 is 23.7 Å². The van der Waals surface area contributed by atoms with E-state index in [0.29, 0.717) is 12.4 Å². The first-order valence-corrected chi connectivity index (χ1v) is 9.70. The molecule has 3 rings (SSSR count). The van der Waals surface area contributed by atoms with Crippen molar-refractivity contribution in [1.29, 1.82) is 0 Å². The van der Waals surface area contributed by atoms with Crippen molar-refractivity contribution in [2.24, 2.45) is 0 Å². The van der Waals surface area contributed by atoms with Crippen molar-refractivity contribution in [3.63, 3.8) is 0 Å². The van der Waals surface area contributed by atoms with E-state index in [4.69, 9.17) is 9.47 Å². The number of carbonyl (C=O) groups is 2. The average Bonchev–Trinajstić information content (AvgIpc) is 3.07. The van der Waals surface area contributed by atoms with Gasteiger partial charge < -0.3 is 24.9 Å². The van der Waals surface area contributed by atoms with E-state index in [0.717, 1.165) is 22.0 Å².